The number of nitrogens with zero attached hydrogens (tertiary/aromatic N) is 2. The van der Waals surface area contributed by atoms with E-state index in [4.69, 9.17) is 9.84 Å². The third-order valence-corrected chi connectivity index (χ3v) is 1.95. The zero-order valence-corrected chi connectivity index (χ0v) is 8.80. The van der Waals surface area contributed by atoms with Crippen molar-refractivity contribution in [2.24, 2.45) is 0 Å². The molecule has 0 radical (unpaired) electrons. The first kappa shape index (κ1) is 11.9. The van der Waals surface area contributed by atoms with Crippen molar-refractivity contribution in [2.75, 3.05) is 0 Å². The van der Waals surface area contributed by atoms with Crippen molar-refractivity contribution in [3.05, 3.63) is 47.9 Å². The summed E-state index contributed by atoms with van der Waals surface area (Å²) in [4.78, 5) is 17.9. The minimum absolute atomic E-state index is 0.00858. The summed E-state index contributed by atoms with van der Waals surface area (Å²) < 4.78 is 30.6. The SMILES string of the molecule is O=C(O)c1cncc(Oc2ccc(F)c(F)c2)n1. The summed E-state index contributed by atoms with van der Waals surface area (Å²) in [6.45, 7) is 0. The van der Waals surface area contributed by atoms with E-state index < -0.39 is 17.6 Å². The van der Waals surface area contributed by atoms with Gasteiger partial charge in [0.05, 0.1) is 12.4 Å². The number of rotatable bonds is 3. The smallest absolute Gasteiger partial charge is 0.356 e. The molecule has 0 aliphatic carbocycles. The van der Waals surface area contributed by atoms with E-state index in [-0.39, 0.29) is 17.3 Å². The molecule has 1 heterocycles. The van der Waals surface area contributed by atoms with Crippen molar-refractivity contribution < 1.29 is 23.4 Å². The largest absolute Gasteiger partial charge is 0.476 e. The van der Waals surface area contributed by atoms with Crippen molar-refractivity contribution in [1.82, 2.24) is 9.97 Å². The van der Waals surface area contributed by atoms with Crippen molar-refractivity contribution in [3.63, 3.8) is 0 Å². The first-order chi connectivity index (χ1) is 8.56. The summed E-state index contributed by atoms with van der Waals surface area (Å²) in [7, 11) is 0. The number of ether oxygens (including phenoxy) is 1. The Morgan fingerprint density at radius 3 is 2.67 bits per heavy atom. The van der Waals surface area contributed by atoms with Gasteiger partial charge in [0.2, 0.25) is 5.88 Å². The number of carbonyl (C=O) groups is 1. The summed E-state index contributed by atoms with van der Waals surface area (Å²) >= 11 is 0. The van der Waals surface area contributed by atoms with E-state index in [0.717, 1.165) is 24.5 Å². The number of carboxylic acid groups (broad SMARTS) is 1. The highest BCUT2D eigenvalue weighted by Crippen LogP contribution is 2.21. The van der Waals surface area contributed by atoms with Gasteiger partial charge in [0.15, 0.2) is 17.3 Å². The molecule has 92 valence electrons. The highest BCUT2D eigenvalue weighted by atomic mass is 19.2. The van der Waals surface area contributed by atoms with E-state index >= 15 is 0 Å². The van der Waals surface area contributed by atoms with E-state index in [1.54, 1.807) is 0 Å². The first-order valence-electron chi connectivity index (χ1n) is 4.74. The summed E-state index contributed by atoms with van der Waals surface area (Å²) in [5.41, 5.74) is -0.310. The Kier molecular flexibility index (Phi) is 3.13. The lowest BCUT2D eigenvalue weighted by atomic mass is 10.3. The molecule has 2 rings (SSSR count). The van der Waals surface area contributed by atoms with Gasteiger partial charge < -0.3 is 9.84 Å². The maximum Gasteiger partial charge on any atom is 0.356 e. The van der Waals surface area contributed by atoms with Gasteiger partial charge in [-0.05, 0) is 12.1 Å². The fraction of sp³-hybridized carbons (Fsp3) is 0. The third-order valence-electron chi connectivity index (χ3n) is 1.95. The molecule has 0 atom stereocenters. The van der Waals surface area contributed by atoms with Crippen LogP contribution in [0.15, 0.2) is 30.6 Å². The summed E-state index contributed by atoms with van der Waals surface area (Å²) in [5, 5.41) is 8.69. The maximum atomic E-state index is 12.9. The number of hydrogen-bond donors (Lipinski definition) is 1. The fourth-order valence-electron chi connectivity index (χ4n) is 1.16. The van der Waals surface area contributed by atoms with Gasteiger partial charge in [-0.3, -0.25) is 4.98 Å². The van der Waals surface area contributed by atoms with E-state index in [0.29, 0.717) is 0 Å². The van der Waals surface area contributed by atoms with Crippen LogP contribution in [0.1, 0.15) is 10.5 Å². The van der Waals surface area contributed by atoms with Gasteiger partial charge >= 0.3 is 5.97 Å². The molecule has 0 aliphatic rings. The number of carboxylic acids is 1. The molecule has 0 bridgehead atoms. The van der Waals surface area contributed by atoms with Gasteiger partial charge in [0.25, 0.3) is 0 Å². The highest BCUT2D eigenvalue weighted by Gasteiger charge is 2.09. The molecule has 0 saturated carbocycles. The molecule has 0 amide bonds. The Morgan fingerprint density at radius 1 is 1.22 bits per heavy atom. The zero-order valence-electron chi connectivity index (χ0n) is 8.80. The Bertz CT molecular complexity index is 605. The minimum atomic E-state index is -1.27. The molecule has 7 heteroatoms. The third kappa shape index (κ3) is 2.57. The van der Waals surface area contributed by atoms with Crippen LogP contribution in [-0.4, -0.2) is 21.0 Å². The highest BCUT2D eigenvalue weighted by molar-refractivity contribution is 5.84. The molecule has 0 aliphatic heterocycles. The molecule has 1 aromatic carbocycles. The summed E-state index contributed by atoms with van der Waals surface area (Å²) in [6.07, 6.45) is 2.20. The Morgan fingerprint density at radius 2 is 2.00 bits per heavy atom. The molecule has 0 fully saturated rings. The lowest BCUT2D eigenvalue weighted by molar-refractivity contribution is 0.0689. The quantitative estimate of drug-likeness (QED) is 0.906. The van der Waals surface area contributed by atoms with Crippen molar-refractivity contribution in [1.29, 1.82) is 0 Å². The van der Waals surface area contributed by atoms with Gasteiger partial charge in [-0.1, -0.05) is 0 Å². The van der Waals surface area contributed by atoms with Crippen LogP contribution >= 0.6 is 0 Å². The van der Waals surface area contributed by atoms with Crippen LogP contribution < -0.4 is 4.74 Å². The molecule has 18 heavy (non-hydrogen) atoms. The van der Waals surface area contributed by atoms with Gasteiger partial charge in [-0.15, -0.1) is 0 Å². The number of aromatic carboxylic acids is 1. The number of aromatic nitrogens is 2. The Labute approximate surface area is 99.7 Å². The number of halogens is 2. The van der Waals surface area contributed by atoms with Crippen LogP contribution in [0.2, 0.25) is 0 Å². The molecule has 1 aromatic heterocycles. The molecule has 0 unspecified atom stereocenters. The predicted molar refractivity (Wildman–Crippen MR) is 55.4 cm³/mol. The molecule has 5 nitrogen and oxygen atoms in total. The fourth-order valence-corrected chi connectivity index (χ4v) is 1.16. The number of benzene rings is 1. The van der Waals surface area contributed by atoms with Crippen LogP contribution in [0, 0.1) is 11.6 Å². The van der Waals surface area contributed by atoms with Gasteiger partial charge in [-0.2, -0.15) is 0 Å². The second kappa shape index (κ2) is 4.74. The summed E-state index contributed by atoms with van der Waals surface area (Å²) in [6, 6.07) is 2.90. The van der Waals surface area contributed by atoms with Crippen LogP contribution in [0.3, 0.4) is 0 Å². The molecule has 1 N–H and O–H groups in total. The van der Waals surface area contributed by atoms with E-state index in [2.05, 4.69) is 9.97 Å². The molecule has 0 saturated heterocycles. The Balaban J connectivity index is 2.25. The predicted octanol–water partition coefficient (Wildman–Crippen LogP) is 2.25. The van der Waals surface area contributed by atoms with Crippen molar-refractivity contribution in [2.45, 2.75) is 0 Å². The van der Waals surface area contributed by atoms with E-state index in [9.17, 15) is 13.6 Å². The van der Waals surface area contributed by atoms with Crippen LogP contribution in [0.25, 0.3) is 0 Å². The normalized spacial score (nSPS) is 10.1. The van der Waals surface area contributed by atoms with Crippen LogP contribution in [0.5, 0.6) is 11.6 Å². The van der Waals surface area contributed by atoms with E-state index in [1.165, 1.54) is 6.07 Å². The van der Waals surface area contributed by atoms with Crippen molar-refractivity contribution in [3.8, 4) is 11.6 Å². The average Bonchev–Trinajstić information content (AvgIpc) is 2.34. The topological polar surface area (TPSA) is 72.3 Å². The van der Waals surface area contributed by atoms with E-state index in [1.807, 2.05) is 0 Å². The second-order valence-electron chi connectivity index (χ2n) is 3.23. The molecular weight excluding hydrogens is 246 g/mol. The first-order valence-corrected chi connectivity index (χ1v) is 4.74. The van der Waals surface area contributed by atoms with Gasteiger partial charge in [0, 0.05) is 6.07 Å². The lowest BCUT2D eigenvalue weighted by Gasteiger charge is -2.04. The van der Waals surface area contributed by atoms with Crippen LogP contribution in [0.4, 0.5) is 8.78 Å². The zero-order chi connectivity index (χ0) is 13.1. The molecule has 2 aromatic rings. The number of hydrogen-bond acceptors (Lipinski definition) is 4. The molecule has 0 spiro atoms. The van der Waals surface area contributed by atoms with Crippen molar-refractivity contribution >= 4 is 5.97 Å². The summed E-state index contributed by atoms with van der Waals surface area (Å²) in [5.74, 6) is -3.48. The van der Waals surface area contributed by atoms with Gasteiger partial charge in [0.1, 0.15) is 5.75 Å². The lowest BCUT2D eigenvalue weighted by Crippen LogP contribution is -2.02. The second-order valence-corrected chi connectivity index (χ2v) is 3.23. The maximum absolute atomic E-state index is 12.9. The Hall–Kier alpha value is -2.57. The average molecular weight is 252 g/mol. The monoisotopic (exact) mass is 252 g/mol. The molecular formula is C11H6F2N2O3. The van der Waals surface area contributed by atoms with Crippen LogP contribution in [-0.2, 0) is 0 Å². The minimum Gasteiger partial charge on any atom is -0.476 e. The van der Waals surface area contributed by atoms with Gasteiger partial charge in [-0.25, -0.2) is 18.6 Å². The standard InChI is InChI=1S/C11H6F2N2O3/c12-7-2-1-6(3-8(7)13)18-10-5-14-4-9(15-10)11(16)17/h1-5H,(H,16,17).